The van der Waals surface area contributed by atoms with Crippen LogP contribution in [0.1, 0.15) is 6.92 Å². The van der Waals surface area contributed by atoms with Gasteiger partial charge in [0.2, 0.25) is 0 Å². The molecule has 2 rings (SSSR count). The molecule has 0 saturated heterocycles. The van der Waals surface area contributed by atoms with Gasteiger partial charge in [0, 0.05) is 16.8 Å². The molecule has 1 saturated carbocycles. The molecule has 0 bridgehead atoms. The van der Waals surface area contributed by atoms with E-state index in [9.17, 15) is 0 Å². The zero-order chi connectivity index (χ0) is 7.94. The van der Waals surface area contributed by atoms with Crippen molar-refractivity contribution in [3.63, 3.8) is 0 Å². The van der Waals surface area contributed by atoms with E-state index in [0.29, 0.717) is 5.92 Å². The Bertz CT molecular complexity index is 123. The Morgan fingerprint density at radius 2 is 1.08 bits per heavy atom. The van der Waals surface area contributed by atoms with Gasteiger partial charge in [0.1, 0.15) is 0 Å². The van der Waals surface area contributed by atoms with Gasteiger partial charge in [-0.2, -0.15) is 0 Å². The topological polar surface area (TPSA) is 0 Å². The Labute approximate surface area is 86.3 Å². The molecule has 1 heteroatoms. The summed E-state index contributed by atoms with van der Waals surface area (Å²) in [6, 6.07) is 0. The van der Waals surface area contributed by atoms with Crippen LogP contribution in [0, 0.1) is 38.0 Å². The monoisotopic (exact) mass is 204 g/mol. The second-order valence-corrected chi connectivity index (χ2v) is 2.59. The van der Waals surface area contributed by atoms with Crippen molar-refractivity contribution in [1.82, 2.24) is 0 Å². The smallest absolute Gasteiger partial charge is 0 e. The van der Waals surface area contributed by atoms with E-state index >= 15 is 0 Å². The van der Waals surface area contributed by atoms with Crippen molar-refractivity contribution >= 4 is 0 Å². The zero-order valence-electron chi connectivity index (χ0n) is 7.11. The van der Waals surface area contributed by atoms with Crippen LogP contribution in [0.25, 0.3) is 0 Å². The SMILES string of the molecule is CC1C=CC=C1.[CH]1[CH][CH][CH][CH]1.[Co]. The van der Waals surface area contributed by atoms with Crippen LogP contribution in [0.5, 0.6) is 0 Å². The van der Waals surface area contributed by atoms with E-state index in [2.05, 4.69) is 31.2 Å². The van der Waals surface area contributed by atoms with Crippen molar-refractivity contribution in [3.8, 4) is 0 Å². The normalized spacial score (nSPS) is 20.1. The minimum absolute atomic E-state index is 0. The fourth-order valence-electron chi connectivity index (χ4n) is 0.864. The molecule has 12 heavy (non-hydrogen) atoms. The standard InChI is InChI=1S/C6H8.C5H5.Co/c1-6-4-2-3-5-6;1-2-4-5-3-1;/h2-6H,1H3;1-5H;. The maximum atomic E-state index is 2.17. The molecular weight excluding hydrogens is 191 g/mol. The minimum atomic E-state index is 0. The van der Waals surface area contributed by atoms with Gasteiger partial charge in [-0.3, -0.25) is 0 Å². The van der Waals surface area contributed by atoms with Crippen LogP contribution in [0.3, 0.4) is 0 Å². The summed E-state index contributed by atoms with van der Waals surface area (Å²) in [7, 11) is 0. The van der Waals surface area contributed by atoms with E-state index in [1.165, 1.54) is 0 Å². The molecule has 2 aliphatic rings. The first-order valence-corrected chi connectivity index (χ1v) is 3.91. The first-order chi connectivity index (χ1) is 5.39. The third-order valence-corrected chi connectivity index (χ3v) is 1.50. The van der Waals surface area contributed by atoms with Gasteiger partial charge >= 0.3 is 0 Å². The Kier molecular flexibility index (Phi) is 7.62. The van der Waals surface area contributed by atoms with Gasteiger partial charge < -0.3 is 0 Å². The van der Waals surface area contributed by atoms with Gasteiger partial charge in [-0.1, -0.05) is 31.2 Å². The van der Waals surface area contributed by atoms with E-state index < -0.39 is 0 Å². The average molecular weight is 204 g/mol. The third-order valence-electron chi connectivity index (χ3n) is 1.50. The van der Waals surface area contributed by atoms with Crippen LogP contribution < -0.4 is 0 Å². The second-order valence-electron chi connectivity index (χ2n) is 2.59. The molecule has 0 nitrogen and oxygen atoms in total. The molecule has 1 fully saturated rings. The van der Waals surface area contributed by atoms with Crippen LogP contribution >= 0.6 is 0 Å². The summed E-state index contributed by atoms with van der Waals surface area (Å²) < 4.78 is 0. The van der Waals surface area contributed by atoms with Crippen molar-refractivity contribution in [1.29, 1.82) is 0 Å². The Morgan fingerprint density at radius 1 is 0.750 bits per heavy atom. The van der Waals surface area contributed by atoms with E-state index in [1.54, 1.807) is 0 Å². The molecular formula is C11H13Co. The van der Waals surface area contributed by atoms with E-state index in [-0.39, 0.29) is 16.8 Å². The summed E-state index contributed by atoms with van der Waals surface area (Å²) in [5.41, 5.74) is 0. The summed E-state index contributed by atoms with van der Waals surface area (Å²) >= 11 is 0. The zero-order valence-corrected chi connectivity index (χ0v) is 8.15. The molecule has 0 aliphatic heterocycles. The van der Waals surface area contributed by atoms with Crippen molar-refractivity contribution in [2.24, 2.45) is 5.92 Å². The van der Waals surface area contributed by atoms with E-state index in [1.807, 2.05) is 32.1 Å². The molecule has 0 spiro atoms. The van der Waals surface area contributed by atoms with Crippen LogP contribution in [0.2, 0.25) is 0 Å². The van der Waals surface area contributed by atoms with Gasteiger partial charge in [0.15, 0.2) is 0 Å². The first-order valence-electron chi connectivity index (χ1n) is 3.91. The predicted octanol–water partition coefficient (Wildman–Crippen LogP) is 2.77. The van der Waals surface area contributed by atoms with Crippen molar-refractivity contribution in [2.75, 3.05) is 0 Å². The molecule has 2 aliphatic carbocycles. The summed E-state index contributed by atoms with van der Waals surface area (Å²) in [6.07, 6.45) is 18.5. The molecule has 0 aromatic rings. The maximum absolute atomic E-state index is 2.17. The number of hydrogen-bond donors (Lipinski definition) is 0. The summed E-state index contributed by atoms with van der Waals surface area (Å²) in [6.45, 7) is 2.17. The van der Waals surface area contributed by atoms with Gasteiger partial charge in [0.05, 0.1) is 0 Å². The summed E-state index contributed by atoms with van der Waals surface area (Å²) in [5.74, 6) is 0.685. The van der Waals surface area contributed by atoms with Crippen LogP contribution in [0.15, 0.2) is 24.3 Å². The average Bonchev–Trinajstić information content (AvgIpc) is 2.57. The van der Waals surface area contributed by atoms with Gasteiger partial charge in [-0.15, -0.1) is 0 Å². The second kappa shape index (κ2) is 7.63. The van der Waals surface area contributed by atoms with Crippen molar-refractivity contribution in [2.45, 2.75) is 6.92 Å². The Balaban J connectivity index is 0.000000189. The first kappa shape index (κ1) is 12.0. The van der Waals surface area contributed by atoms with Crippen LogP contribution in [-0.4, -0.2) is 0 Å². The van der Waals surface area contributed by atoms with E-state index in [4.69, 9.17) is 0 Å². The molecule has 0 N–H and O–H groups in total. The largest absolute Gasteiger partial charge is 0.0779 e. The number of rotatable bonds is 0. The summed E-state index contributed by atoms with van der Waals surface area (Å²) in [4.78, 5) is 0. The molecule has 6 radical (unpaired) electrons. The Hall–Kier alpha value is -0.0135. The minimum Gasteiger partial charge on any atom is -0.0779 e. The van der Waals surface area contributed by atoms with Gasteiger partial charge in [-0.25, -0.2) is 0 Å². The fourth-order valence-corrected chi connectivity index (χ4v) is 0.864. The fraction of sp³-hybridized carbons (Fsp3) is 0.182. The van der Waals surface area contributed by atoms with E-state index in [0.717, 1.165) is 0 Å². The number of allylic oxidation sites excluding steroid dienone is 4. The number of hydrogen-bond acceptors (Lipinski definition) is 0. The molecule has 0 atom stereocenters. The van der Waals surface area contributed by atoms with Gasteiger partial charge in [-0.05, 0) is 38.0 Å². The molecule has 0 unspecified atom stereocenters. The van der Waals surface area contributed by atoms with Crippen LogP contribution in [0.4, 0.5) is 0 Å². The Morgan fingerprint density at radius 3 is 1.25 bits per heavy atom. The molecule has 0 aromatic heterocycles. The molecule has 0 amide bonds. The van der Waals surface area contributed by atoms with Crippen LogP contribution in [-0.2, 0) is 16.8 Å². The molecule has 0 heterocycles. The van der Waals surface area contributed by atoms with Crippen molar-refractivity contribution < 1.29 is 16.8 Å². The summed E-state index contributed by atoms with van der Waals surface area (Å²) in [5, 5.41) is 0. The molecule has 0 aromatic carbocycles. The maximum Gasteiger partial charge on any atom is 0 e. The third kappa shape index (κ3) is 5.61. The quantitative estimate of drug-likeness (QED) is 0.569. The van der Waals surface area contributed by atoms with Crippen molar-refractivity contribution in [3.05, 3.63) is 56.4 Å². The predicted molar refractivity (Wildman–Crippen MR) is 48.9 cm³/mol. The van der Waals surface area contributed by atoms with Gasteiger partial charge in [0.25, 0.3) is 0 Å². The molecule has 66 valence electrons.